The van der Waals surface area contributed by atoms with E-state index in [1.807, 2.05) is 34.1 Å². The fraction of sp³-hybridized carbons (Fsp3) is 0.636. The fourth-order valence-corrected chi connectivity index (χ4v) is 5.94. The second kappa shape index (κ2) is 7.61. The second-order valence-corrected chi connectivity index (χ2v) is 8.82. The van der Waals surface area contributed by atoms with Crippen molar-refractivity contribution in [3.05, 3.63) is 24.3 Å². The van der Waals surface area contributed by atoms with Crippen LogP contribution >= 0.6 is 0 Å². The van der Waals surface area contributed by atoms with Crippen molar-refractivity contribution in [2.45, 2.75) is 37.8 Å². The predicted octanol–water partition coefficient (Wildman–Crippen LogP) is 1.11. The van der Waals surface area contributed by atoms with E-state index in [-0.39, 0.29) is 36.4 Å². The molecule has 4 heterocycles. The molecule has 0 aromatic heterocycles. The zero-order chi connectivity index (χ0) is 20.0. The van der Waals surface area contributed by atoms with Crippen LogP contribution in [0.25, 0.3) is 0 Å². The van der Waals surface area contributed by atoms with Gasteiger partial charge in [-0.3, -0.25) is 14.5 Å². The molecule has 0 aliphatic carbocycles. The molecule has 2 bridgehead atoms. The summed E-state index contributed by atoms with van der Waals surface area (Å²) in [7, 11) is 0. The topological polar surface area (TPSA) is 73.3 Å². The van der Waals surface area contributed by atoms with E-state index in [2.05, 4.69) is 4.90 Å². The maximum atomic E-state index is 13.1. The molecule has 1 aromatic rings. The number of para-hydroxylation sites is 2. The molecule has 3 saturated heterocycles. The van der Waals surface area contributed by atoms with Crippen LogP contribution in [0, 0.1) is 11.8 Å². The smallest absolute Gasteiger partial charge is 0.241 e. The number of piperidine rings is 3. The van der Waals surface area contributed by atoms with Crippen molar-refractivity contribution in [2.24, 2.45) is 11.8 Å². The monoisotopic (exact) mass is 399 g/mol. The largest absolute Gasteiger partial charge is 0.490 e. The molecule has 7 heteroatoms. The first-order valence-electron chi connectivity index (χ1n) is 10.8. The Kier molecular flexibility index (Phi) is 4.95. The summed E-state index contributed by atoms with van der Waals surface area (Å²) < 4.78 is 5.68. The quantitative estimate of drug-likeness (QED) is 0.824. The number of amides is 2. The predicted molar refractivity (Wildman–Crippen MR) is 108 cm³/mol. The maximum Gasteiger partial charge on any atom is 0.241 e. The highest BCUT2D eigenvalue weighted by atomic mass is 16.5. The number of rotatable bonds is 3. The number of aliphatic hydroxyl groups is 1. The van der Waals surface area contributed by atoms with E-state index in [1.54, 1.807) is 0 Å². The number of fused-ring (bicyclic) bond motifs is 5. The standard InChI is InChI=1S/C22H29N3O4/c26-14-19-16-10-15(17-5-3-7-21(27)25(17)19)11-23(12-16)13-22(28)24-8-9-29-20-6-2-1-4-18(20)24/h1-2,4,6,15-17,19,26H,3,5,7-14H2/t15-,16+,17+,19+/m1/s1. The summed E-state index contributed by atoms with van der Waals surface area (Å²) in [6, 6.07) is 7.80. The Balaban J connectivity index is 1.31. The van der Waals surface area contributed by atoms with Crippen LogP contribution in [0.15, 0.2) is 24.3 Å². The first-order chi connectivity index (χ1) is 14.2. The fourth-order valence-electron chi connectivity index (χ4n) is 5.94. The normalized spacial score (nSPS) is 31.7. The summed E-state index contributed by atoms with van der Waals surface area (Å²) in [4.78, 5) is 31.8. The molecule has 0 unspecified atom stereocenters. The molecule has 7 nitrogen and oxygen atoms in total. The Morgan fingerprint density at radius 1 is 1.21 bits per heavy atom. The van der Waals surface area contributed by atoms with E-state index < -0.39 is 0 Å². The molecular weight excluding hydrogens is 370 g/mol. The zero-order valence-electron chi connectivity index (χ0n) is 16.7. The lowest BCUT2D eigenvalue weighted by molar-refractivity contribution is -0.156. The van der Waals surface area contributed by atoms with Crippen LogP contribution in [-0.4, -0.2) is 78.2 Å². The van der Waals surface area contributed by atoms with Crippen LogP contribution < -0.4 is 9.64 Å². The highest BCUT2D eigenvalue weighted by molar-refractivity contribution is 5.96. The van der Waals surface area contributed by atoms with Crippen LogP contribution in [-0.2, 0) is 9.59 Å². The Bertz CT molecular complexity index is 786. The van der Waals surface area contributed by atoms with E-state index >= 15 is 0 Å². The van der Waals surface area contributed by atoms with Gasteiger partial charge in [0.1, 0.15) is 12.4 Å². The van der Waals surface area contributed by atoms with Gasteiger partial charge in [0, 0.05) is 25.6 Å². The molecule has 0 spiro atoms. The Morgan fingerprint density at radius 3 is 2.90 bits per heavy atom. The summed E-state index contributed by atoms with van der Waals surface area (Å²) in [5.74, 6) is 1.69. The van der Waals surface area contributed by atoms with Gasteiger partial charge < -0.3 is 19.6 Å². The van der Waals surface area contributed by atoms with Gasteiger partial charge >= 0.3 is 0 Å². The number of hydrogen-bond acceptors (Lipinski definition) is 5. The summed E-state index contributed by atoms with van der Waals surface area (Å²) >= 11 is 0. The lowest BCUT2D eigenvalue weighted by Gasteiger charge is -2.56. The van der Waals surface area contributed by atoms with Gasteiger partial charge in [-0.25, -0.2) is 0 Å². The second-order valence-electron chi connectivity index (χ2n) is 8.82. The molecule has 5 rings (SSSR count). The van der Waals surface area contributed by atoms with E-state index in [9.17, 15) is 14.7 Å². The van der Waals surface area contributed by atoms with Gasteiger partial charge in [-0.05, 0) is 43.2 Å². The van der Waals surface area contributed by atoms with Crippen molar-refractivity contribution in [3.63, 3.8) is 0 Å². The minimum Gasteiger partial charge on any atom is -0.490 e. The molecular formula is C22H29N3O4. The van der Waals surface area contributed by atoms with Gasteiger partial charge in [0.05, 0.1) is 31.4 Å². The number of carbonyl (C=O) groups excluding carboxylic acids is 2. The highest BCUT2D eigenvalue weighted by Crippen LogP contribution is 2.41. The Hall–Kier alpha value is -2.12. The number of nitrogens with zero attached hydrogens (tertiary/aromatic N) is 3. The maximum absolute atomic E-state index is 13.1. The van der Waals surface area contributed by atoms with Crippen molar-refractivity contribution in [1.82, 2.24) is 9.80 Å². The van der Waals surface area contributed by atoms with Crippen LogP contribution in [0.2, 0.25) is 0 Å². The number of ether oxygens (including phenoxy) is 1. The van der Waals surface area contributed by atoms with Crippen LogP contribution in [0.4, 0.5) is 5.69 Å². The number of aliphatic hydroxyl groups excluding tert-OH is 1. The molecule has 2 amide bonds. The summed E-state index contributed by atoms with van der Waals surface area (Å²) in [6.45, 7) is 3.08. The molecule has 0 saturated carbocycles. The first-order valence-corrected chi connectivity index (χ1v) is 10.8. The third-order valence-corrected chi connectivity index (χ3v) is 7.15. The Labute approximate surface area is 171 Å². The molecule has 156 valence electrons. The van der Waals surface area contributed by atoms with E-state index in [4.69, 9.17) is 4.74 Å². The number of anilines is 1. The molecule has 4 atom stereocenters. The van der Waals surface area contributed by atoms with Crippen LogP contribution in [0.5, 0.6) is 5.75 Å². The van der Waals surface area contributed by atoms with Crippen LogP contribution in [0.1, 0.15) is 25.7 Å². The SMILES string of the molecule is O=C(CN1C[C@H]2C[C@@H](C1)[C@H](CO)N1C(=O)CCC[C@@H]21)N1CCOc2ccccc21. The lowest BCUT2D eigenvalue weighted by atomic mass is 9.72. The molecule has 29 heavy (non-hydrogen) atoms. The van der Waals surface area contributed by atoms with Gasteiger partial charge in [-0.2, -0.15) is 0 Å². The molecule has 3 fully saturated rings. The number of hydrogen-bond donors (Lipinski definition) is 1. The molecule has 0 radical (unpaired) electrons. The third-order valence-electron chi connectivity index (χ3n) is 7.15. The minimum absolute atomic E-state index is 0.0122. The Morgan fingerprint density at radius 2 is 2.03 bits per heavy atom. The lowest BCUT2D eigenvalue weighted by Crippen LogP contribution is -2.66. The minimum atomic E-state index is -0.105. The average molecular weight is 399 g/mol. The van der Waals surface area contributed by atoms with E-state index in [0.29, 0.717) is 32.0 Å². The van der Waals surface area contributed by atoms with Crippen molar-refractivity contribution in [3.8, 4) is 5.75 Å². The van der Waals surface area contributed by atoms with E-state index in [1.165, 1.54) is 0 Å². The summed E-state index contributed by atoms with van der Waals surface area (Å²) in [5, 5.41) is 10.0. The van der Waals surface area contributed by atoms with Gasteiger partial charge in [0.25, 0.3) is 0 Å². The highest BCUT2D eigenvalue weighted by Gasteiger charge is 2.49. The molecule has 1 aromatic carbocycles. The number of likely N-dealkylation sites (tertiary alicyclic amines) is 1. The molecule has 1 N–H and O–H groups in total. The number of benzene rings is 1. The van der Waals surface area contributed by atoms with Crippen molar-refractivity contribution in [2.75, 3.05) is 44.3 Å². The summed E-state index contributed by atoms with van der Waals surface area (Å²) in [6.07, 6.45) is 3.59. The van der Waals surface area contributed by atoms with Gasteiger partial charge in [0.2, 0.25) is 11.8 Å². The first kappa shape index (κ1) is 18.9. The van der Waals surface area contributed by atoms with Crippen molar-refractivity contribution >= 4 is 17.5 Å². The summed E-state index contributed by atoms with van der Waals surface area (Å²) in [5.41, 5.74) is 0.846. The van der Waals surface area contributed by atoms with Gasteiger partial charge in [0.15, 0.2) is 0 Å². The molecule has 4 aliphatic heterocycles. The zero-order valence-corrected chi connectivity index (χ0v) is 16.7. The van der Waals surface area contributed by atoms with Gasteiger partial charge in [-0.1, -0.05) is 12.1 Å². The molecule has 4 aliphatic rings. The average Bonchev–Trinajstić information content (AvgIpc) is 2.74. The van der Waals surface area contributed by atoms with Crippen molar-refractivity contribution < 1.29 is 19.4 Å². The van der Waals surface area contributed by atoms with Gasteiger partial charge in [-0.15, -0.1) is 0 Å². The number of carbonyl (C=O) groups is 2. The van der Waals surface area contributed by atoms with E-state index in [0.717, 1.165) is 43.8 Å². The van der Waals surface area contributed by atoms with Crippen LogP contribution in [0.3, 0.4) is 0 Å². The third kappa shape index (κ3) is 3.30. The van der Waals surface area contributed by atoms with Crippen molar-refractivity contribution in [1.29, 1.82) is 0 Å².